The molecule has 2 heterocycles. The van der Waals surface area contributed by atoms with Gasteiger partial charge in [0.15, 0.2) is 5.03 Å². The normalized spacial score (nSPS) is 16.1. The molecule has 0 fully saturated rings. The summed E-state index contributed by atoms with van der Waals surface area (Å²) in [7, 11) is -3.85. The lowest BCUT2D eigenvalue weighted by Gasteiger charge is -2.14. The summed E-state index contributed by atoms with van der Waals surface area (Å²) in [6.07, 6.45) is 4.68. The summed E-state index contributed by atoms with van der Waals surface area (Å²) in [5.41, 5.74) is 0. The molecule has 20 heavy (non-hydrogen) atoms. The molecule has 2 N–H and O–H groups in total. The van der Waals surface area contributed by atoms with E-state index >= 15 is 0 Å². The van der Waals surface area contributed by atoms with Crippen LogP contribution in [0.1, 0.15) is 38.4 Å². The van der Waals surface area contributed by atoms with Gasteiger partial charge in [0.2, 0.25) is 0 Å². The van der Waals surface area contributed by atoms with E-state index in [-0.39, 0.29) is 11.4 Å². The van der Waals surface area contributed by atoms with E-state index in [1.165, 1.54) is 6.20 Å². The first kappa shape index (κ1) is 15.0. The van der Waals surface area contributed by atoms with Crippen LogP contribution in [0.15, 0.2) is 11.2 Å². The van der Waals surface area contributed by atoms with Gasteiger partial charge < -0.3 is 9.67 Å². The van der Waals surface area contributed by atoms with E-state index in [1.807, 2.05) is 6.92 Å². The summed E-state index contributed by atoms with van der Waals surface area (Å²) in [5, 5.41) is 9.17. The maximum Gasteiger partial charge on any atom is 0.321 e. The van der Waals surface area contributed by atoms with Gasteiger partial charge in [0.1, 0.15) is 11.9 Å². The molecule has 7 nitrogen and oxygen atoms in total. The van der Waals surface area contributed by atoms with Crippen LogP contribution in [-0.2, 0) is 27.8 Å². The third-order valence-corrected chi connectivity index (χ3v) is 4.87. The summed E-state index contributed by atoms with van der Waals surface area (Å²) < 4.78 is 28.5. The maximum absolute atomic E-state index is 12.3. The van der Waals surface area contributed by atoms with E-state index in [9.17, 15) is 13.2 Å². The minimum Gasteiger partial charge on any atom is -0.480 e. The molecule has 1 aromatic rings. The Bertz CT molecular complexity index is 594. The Morgan fingerprint density at radius 3 is 3.00 bits per heavy atom. The van der Waals surface area contributed by atoms with Gasteiger partial charge >= 0.3 is 5.97 Å². The number of sulfonamides is 1. The van der Waals surface area contributed by atoms with Gasteiger partial charge in [-0.05, 0) is 12.8 Å². The van der Waals surface area contributed by atoms with E-state index in [2.05, 4.69) is 9.71 Å². The van der Waals surface area contributed by atoms with Crippen LogP contribution in [0.3, 0.4) is 0 Å². The fourth-order valence-corrected chi connectivity index (χ4v) is 3.73. The molecule has 0 spiro atoms. The van der Waals surface area contributed by atoms with Crippen molar-refractivity contribution in [2.24, 2.45) is 0 Å². The molecule has 0 saturated carbocycles. The van der Waals surface area contributed by atoms with Gasteiger partial charge in [-0.15, -0.1) is 0 Å². The molecule has 1 unspecified atom stereocenters. The van der Waals surface area contributed by atoms with Crippen LogP contribution < -0.4 is 4.72 Å². The molecule has 2 rings (SSSR count). The standard InChI is InChI=1S/C12H19N3O4S/c1-2-3-5-9(12(16)17)14-20(18,19)11-8-13-10-6-4-7-15(10)11/h8-9,14H,2-7H2,1H3,(H,16,17). The number of hydrogen-bond donors (Lipinski definition) is 2. The number of carboxylic acid groups (broad SMARTS) is 1. The number of aryl methyl sites for hydroxylation is 1. The molecule has 112 valence electrons. The Labute approximate surface area is 118 Å². The van der Waals surface area contributed by atoms with Gasteiger partial charge in [0, 0.05) is 13.0 Å². The molecule has 0 aliphatic carbocycles. The first-order chi connectivity index (χ1) is 9.45. The van der Waals surface area contributed by atoms with Crippen LogP contribution >= 0.6 is 0 Å². The molecule has 1 aliphatic rings. The Morgan fingerprint density at radius 2 is 2.35 bits per heavy atom. The second-order valence-corrected chi connectivity index (χ2v) is 6.58. The van der Waals surface area contributed by atoms with Crippen molar-refractivity contribution in [3.63, 3.8) is 0 Å². The van der Waals surface area contributed by atoms with E-state index < -0.39 is 22.0 Å². The van der Waals surface area contributed by atoms with Gasteiger partial charge in [-0.1, -0.05) is 19.8 Å². The fourth-order valence-electron chi connectivity index (χ4n) is 2.33. The van der Waals surface area contributed by atoms with Crippen LogP contribution in [0, 0.1) is 0 Å². The molecule has 8 heteroatoms. The summed E-state index contributed by atoms with van der Waals surface area (Å²) in [5.74, 6) is -0.408. The van der Waals surface area contributed by atoms with Crippen LogP contribution in [0.25, 0.3) is 0 Å². The number of fused-ring (bicyclic) bond motifs is 1. The van der Waals surface area contributed by atoms with Gasteiger partial charge in [-0.25, -0.2) is 13.4 Å². The minimum atomic E-state index is -3.85. The number of aliphatic carboxylic acids is 1. The van der Waals surface area contributed by atoms with Crippen molar-refractivity contribution in [1.82, 2.24) is 14.3 Å². The zero-order chi connectivity index (χ0) is 14.8. The molecule has 1 atom stereocenters. The molecule has 1 aliphatic heterocycles. The molecule has 0 saturated heterocycles. The molecule has 0 aromatic carbocycles. The summed E-state index contributed by atoms with van der Waals surface area (Å²) in [6, 6.07) is -1.09. The zero-order valence-electron chi connectivity index (χ0n) is 11.4. The summed E-state index contributed by atoms with van der Waals surface area (Å²) in [4.78, 5) is 15.2. The third kappa shape index (κ3) is 3.01. The predicted octanol–water partition coefficient (Wildman–Crippen LogP) is 0.751. The largest absolute Gasteiger partial charge is 0.480 e. The highest BCUT2D eigenvalue weighted by atomic mass is 32.2. The first-order valence-corrected chi connectivity index (χ1v) is 8.23. The number of aromatic nitrogens is 2. The highest BCUT2D eigenvalue weighted by molar-refractivity contribution is 7.89. The molecular formula is C12H19N3O4S. The Kier molecular flexibility index (Phi) is 4.44. The molecule has 0 bridgehead atoms. The average molecular weight is 301 g/mol. The van der Waals surface area contributed by atoms with Crippen LogP contribution in [-0.4, -0.2) is 35.1 Å². The van der Waals surface area contributed by atoms with Crippen LogP contribution in [0.4, 0.5) is 0 Å². The second-order valence-electron chi connectivity index (χ2n) is 4.92. The maximum atomic E-state index is 12.3. The Balaban J connectivity index is 2.19. The number of unbranched alkanes of at least 4 members (excludes halogenated alkanes) is 1. The SMILES string of the molecule is CCCCC(NS(=O)(=O)c1cnc2n1CCC2)C(=O)O. The lowest BCUT2D eigenvalue weighted by atomic mass is 10.1. The highest BCUT2D eigenvalue weighted by Crippen LogP contribution is 2.20. The average Bonchev–Trinajstić information content (AvgIpc) is 2.95. The lowest BCUT2D eigenvalue weighted by Crippen LogP contribution is -2.41. The van der Waals surface area contributed by atoms with Crippen molar-refractivity contribution in [3.8, 4) is 0 Å². The minimum absolute atomic E-state index is 0.0627. The van der Waals surface area contributed by atoms with Crippen molar-refractivity contribution in [2.75, 3.05) is 0 Å². The topological polar surface area (TPSA) is 101 Å². The Morgan fingerprint density at radius 1 is 1.60 bits per heavy atom. The van der Waals surface area contributed by atoms with Crippen molar-refractivity contribution in [3.05, 3.63) is 12.0 Å². The number of carboxylic acids is 1. The van der Waals surface area contributed by atoms with E-state index in [0.717, 1.165) is 25.1 Å². The van der Waals surface area contributed by atoms with Gasteiger partial charge in [-0.3, -0.25) is 4.79 Å². The number of nitrogens with one attached hydrogen (secondary N) is 1. The van der Waals surface area contributed by atoms with E-state index in [4.69, 9.17) is 5.11 Å². The fraction of sp³-hybridized carbons (Fsp3) is 0.667. The van der Waals surface area contributed by atoms with Gasteiger partial charge in [0.05, 0.1) is 6.20 Å². The van der Waals surface area contributed by atoms with Crippen LogP contribution in [0.5, 0.6) is 0 Å². The third-order valence-electron chi connectivity index (χ3n) is 3.40. The zero-order valence-corrected chi connectivity index (χ0v) is 12.2. The van der Waals surface area contributed by atoms with Crippen molar-refractivity contribution < 1.29 is 18.3 Å². The number of imidazole rings is 1. The van der Waals surface area contributed by atoms with Crippen molar-refractivity contribution >= 4 is 16.0 Å². The van der Waals surface area contributed by atoms with Gasteiger partial charge in [-0.2, -0.15) is 4.72 Å². The number of nitrogens with zero attached hydrogens (tertiary/aromatic N) is 2. The lowest BCUT2D eigenvalue weighted by molar-refractivity contribution is -0.139. The smallest absolute Gasteiger partial charge is 0.321 e. The monoisotopic (exact) mass is 301 g/mol. The first-order valence-electron chi connectivity index (χ1n) is 6.75. The molecule has 0 amide bonds. The number of rotatable bonds is 7. The van der Waals surface area contributed by atoms with Crippen LogP contribution in [0.2, 0.25) is 0 Å². The van der Waals surface area contributed by atoms with E-state index in [1.54, 1.807) is 4.57 Å². The van der Waals surface area contributed by atoms with E-state index in [0.29, 0.717) is 13.0 Å². The predicted molar refractivity (Wildman–Crippen MR) is 71.8 cm³/mol. The van der Waals surface area contributed by atoms with Gasteiger partial charge in [0.25, 0.3) is 10.0 Å². The summed E-state index contributed by atoms with van der Waals surface area (Å²) in [6.45, 7) is 2.54. The quantitative estimate of drug-likeness (QED) is 0.774. The Hall–Kier alpha value is -1.41. The van der Waals surface area contributed by atoms with Crippen molar-refractivity contribution in [1.29, 1.82) is 0 Å². The molecule has 1 aromatic heterocycles. The van der Waals surface area contributed by atoms with Crippen molar-refractivity contribution in [2.45, 2.75) is 56.6 Å². The highest BCUT2D eigenvalue weighted by Gasteiger charge is 2.29. The molecular weight excluding hydrogens is 282 g/mol. The number of hydrogen-bond acceptors (Lipinski definition) is 4. The summed E-state index contributed by atoms with van der Waals surface area (Å²) >= 11 is 0. The second kappa shape index (κ2) is 5.92. The molecule has 0 radical (unpaired) electrons. The number of carbonyl (C=O) groups is 1.